The number of nitrogens with zero attached hydrogens (tertiary/aromatic N) is 1. The maximum atomic E-state index is 12.7. The average molecular weight is 430 g/mol. The lowest BCUT2D eigenvalue weighted by molar-refractivity contribution is -0.136. The average Bonchev–Trinajstić information content (AvgIpc) is 3.12. The Balaban J connectivity index is 1.60. The molecule has 1 atom stereocenters. The van der Waals surface area contributed by atoms with E-state index in [1.54, 1.807) is 17.0 Å². The molecule has 160 valence electrons. The van der Waals surface area contributed by atoms with E-state index in [4.69, 9.17) is 4.74 Å². The second kappa shape index (κ2) is 9.89. The molecule has 0 radical (unpaired) electrons. The Labute approximate surface area is 177 Å². The van der Waals surface area contributed by atoms with Crippen LogP contribution in [-0.2, 0) is 19.4 Å². The number of amides is 1. The van der Waals surface area contributed by atoms with Crippen molar-refractivity contribution in [2.75, 3.05) is 24.7 Å². The Morgan fingerprint density at radius 3 is 2.30 bits per heavy atom. The minimum absolute atomic E-state index is 0.0165. The molecule has 1 heterocycles. The quantitative estimate of drug-likeness (QED) is 0.602. The van der Waals surface area contributed by atoms with Crippen LogP contribution in [0.3, 0.4) is 0 Å². The molecule has 3 rings (SSSR count). The molecule has 1 aliphatic rings. The Morgan fingerprint density at radius 2 is 1.70 bits per heavy atom. The highest BCUT2D eigenvalue weighted by Crippen LogP contribution is 2.20. The number of rotatable bonds is 8. The van der Waals surface area contributed by atoms with E-state index in [0.29, 0.717) is 18.5 Å². The lowest BCUT2D eigenvalue weighted by Gasteiger charge is -2.28. The molecule has 0 unspecified atom stereocenters. The first-order chi connectivity index (χ1) is 14.4. The third-order valence-corrected chi connectivity index (χ3v) is 7.03. The molecule has 1 fully saturated rings. The second-order valence-electron chi connectivity index (χ2n) is 7.52. The largest absolute Gasteiger partial charge is 0.452 e. The molecule has 1 saturated heterocycles. The van der Waals surface area contributed by atoms with Crippen LogP contribution < -0.4 is 0 Å². The van der Waals surface area contributed by atoms with Crippen LogP contribution >= 0.6 is 0 Å². The van der Waals surface area contributed by atoms with E-state index in [9.17, 15) is 18.0 Å². The molecule has 0 aliphatic carbocycles. The van der Waals surface area contributed by atoms with Crippen LogP contribution in [0.1, 0.15) is 36.5 Å². The van der Waals surface area contributed by atoms with Crippen LogP contribution in [0.4, 0.5) is 0 Å². The van der Waals surface area contributed by atoms with Crippen molar-refractivity contribution in [3.63, 3.8) is 0 Å². The van der Waals surface area contributed by atoms with Gasteiger partial charge in [-0.1, -0.05) is 55.8 Å². The Kier molecular flexibility index (Phi) is 7.26. The number of unbranched alkanes of at least 4 members (excludes halogenated alkanes) is 1. The summed E-state index contributed by atoms with van der Waals surface area (Å²) in [6.07, 6.45) is 2.10. The van der Waals surface area contributed by atoms with E-state index < -0.39 is 15.8 Å². The van der Waals surface area contributed by atoms with Gasteiger partial charge >= 0.3 is 5.97 Å². The monoisotopic (exact) mass is 429 g/mol. The van der Waals surface area contributed by atoms with Gasteiger partial charge in [0.25, 0.3) is 5.91 Å². The molecule has 1 amide bonds. The minimum atomic E-state index is -3.10. The van der Waals surface area contributed by atoms with Gasteiger partial charge in [0.2, 0.25) is 0 Å². The Hall–Kier alpha value is -2.67. The molecular formula is C23H27NO5S. The fraction of sp³-hybridized carbons (Fsp3) is 0.391. The summed E-state index contributed by atoms with van der Waals surface area (Å²) < 4.78 is 28.8. The van der Waals surface area contributed by atoms with Gasteiger partial charge < -0.3 is 9.64 Å². The number of ether oxygens (including phenoxy) is 1. The number of benzene rings is 2. The zero-order valence-electron chi connectivity index (χ0n) is 17.1. The highest BCUT2D eigenvalue weighted by atomic mass is 32.2. The second-order valence-corrected chi connectivity index (χ2v) is 9.75. The fourth-order valence-electron chi connectivity index (χ4n) is 3.58. The summed E-state index contributed by atoms with van der Waals surface area (Å²) in [4.78, 5) is 26.6. The highest BCUT2D eigenvalue weighted by molar-refractivity contribution is 7.91. The van der Waals surface area contributed by atoms with Gasteiger partial charge in [-0.3, -0.25) is 4.79 Å². The third kappa shape index (κ3) is 5.69. The van der Waals surface area contributed by atoms with Crippen LogP contribution in [0.2, 0.25) is 0 Å². The van der Waals surface area contributed by atoms with Gasteiger partial charge in [-0.15, -0.1) is 0 Å². The summed E-state index contributed by atoms with van der Waals surface area (Å²) in [5, 5.41) is 0. The number of carbonyl (C=O) groups is 2. The summed E-state index contributed by atoms with van der Waals surface area (Å²) in [6, 6.07) is 16.5. The van der Waals surface area contributed by atoms with Crippen molar-refractivity contribution in [3.8, 4) is 11.1 Å². The van der Waals surface area contributed by atoms with Gasteiger partial charge in [-0.25, -0.2) is 13.2 Å². The van der Waals surface area contributed by atoms with Crippen LogP contribution in [0.5, 0.6) is 0 Å². The van der Waals surface area contributed by atoms with Gasteiger partial charge in [-0.05, 0) is 36.1 Å². The summed E-state index contributed by atoms with van der Waals surface area (Å²) in [5.74, 6) is -0.837. The van der Waals surface area contributed by atoms with E-state index >= 15 is 0 Å². The van der Waals surface area contributed by atoms with Crippen LogP contribution in [0, 0.1) is 0 Å². The van der Waals surface area contributed by atoms with Gasteiger partial charge in [-0.2, -0.15) is 0 Å². The van der Waals surface area contributed by atoms with E-state index in [-0.39, 0.29) is 30.1 Å². The van der Waals surface area contributed by atoms with Gasteiger partial charge in [0.15, 0.2) is 16.4 Å². The van der Waals surface area contributed by atoms with Crippen LogP contribution in [-0.4, -0.2) is 55.9 Å². The minimum Gasteiger partial charge on any atom is -0.452 e. The van der Waals surface area contributed by atoms with Crippen molar-refractivity contribution >= 4 is 21.7 Å². The van der Waals surface area contributed by atoms with E-state index in [1.807, 2.05) is 49.4 Å². The zero-order valence-corrected chi connectivity index (χ0v) is 17.9. The standard InChI is InChI=1S/C23H27NO5S/c1-2-3-14-24(21-13-15-30(27,28)17-21)22(25)16-29-23(26)20-11-9-19(10-12-20)18-7-5-4-6-8-18/h4-12,21H,2-3,13-17H2,1H3/t21-/m1/s1. The molecule has 0 bridgehead atoms. The number of esters is 1. The van der Waals surface area contributed by atoms with E-state index in [0.717, 1.165) is 24.0 Å². The first-order valence-electron chi connectivity index (χ1n) is 10.2. The van der Waals surface area contributed by atoms with Gasteiger partial charge in [0.05, 0.1) is 17.1 Å². The molecule has 2 aromatic rings. The maximum absolute atomic E-state index is 12.7. The summed E-state index contributed by atoms with van der Waals surface area (Å²) >= 11 is 0. The Morgan fingerprint density at radius 1 is 1.03 bits per heavy atom. The zero-order chi connectivity index (χ0) is 21.6. The van der Waals surface area contributed by atoms with Gasteiger partial charge in [0.1, 0.15) is 0 Å². The summed E-state index contributed by atoms with van der Waals surface area (Å²) in [6.45, 7) is 2.09. The first-order valence-corrected chi connectivity index (χ1v) is 12.0. The molecule has 0 spiro atoms. The number of carbonyl (C=O) groups excluding carboxylic acids is 2. The fourth-order valence-corrected chi connectivity index (χ4v) is 5.31. The van der Waals surface area contributed by atoms with Crippen LogP contribution in [0.25, 0.3) is 11.1 Å². The molecule has 0 N–H and O–H groups in total. The summed E-state index contributed by atoms with van der Waals surface area (Å²) in [7, 11) is -3.10. The number of hydrogen-bond acceptors (Lipinski definition) is 5. The smallest absolute Gasteiger partial charge is 0.338 e. The highest BCUT2D eigenvalue weighted by Gasteiger charge is 2.34. The van der Waals surface area contributed by atoms with Crippen molar-refractivity contribution < 1.29 is 22.7 Å². The van der Waals surface area contributed by atoms with Crippen molar-refractivity contribution in [2.24, 2.45) is 0 Å². The first kappa shape index (κ1) is 22.0. The lowest BCUT2D eigenvalue weighted by Crippen LogP contribution is -2.43. The van der Waals surface area contributed by atoms with E-state index in [1.165, 1.54) is 0 Å². The molecule has 30 heavy (non-hydrogen) atoms. The molecule has 6 nitrogen and oxygen atoms in total. The van der Waals surface area contributed by atoms with Crippen molar-refractivity contribution in [1.29, 1.82) is 0 Å². The number of sulfone groups is 1. The topological polar surface area (TPSA) is 80.8 Å². The van der Waals surface area contributed by atoms with Crippen LogP contribution in [0.15, 0.2) is 54.6 Å². The normalized spacial score (nSPS) is 17.4. The Bertz CT molecular complexity index is 970. The lowest BCUT2D eigenvalue weighted by atomic mass is 10.0. The molecule has 7 heteroatoms. The maximum Gasteiger partial charge on any atom is 0.338 e. The molecule has 0 aromatic heterocycles. The SMILES string of the molecule is CCCCN(C(=O)COC(=O)c1ccc(-c2ccccc2)cc1)[C@@H]1CCS(=O)(=O)C1. The van der Waals surface area contributed by atoms with Crippen molar-refractivity contribution in [3.05, 3.63) is 60.2 Å². The van der Waals surface area contributed by atoms with Gasteiger partial charge in [0, 0.05) is 12.6 Å². The molecule has 0 saturated carbocycles. The van der Waals surface area contributed by atoms with Crippen molar-refractivity contribution in [1.82, 2.24) is 4.90 Å². The molecular weight excluding hydrogens is 402 g/mol. The predicted octanol–water partition coefficient (Wildman–Crippen LogP) is 3.33. The van der Waals surface area contributed by atoms with E-state index in [2.05, 4.69) is 0 Å². The predicted molar refractivity (Wildman–Crippen MR) is 116 cm³/mol. The molecule has 1 aliphatic heterocycles. The number of hydrogen-bond donors (Lipinski definition) is 0. The van der Waals surface area contributed by atoms with Crippen molar-refractivity contribution in [2.45, 2.75) is 32.2 Å². The summed E-state index contributed by atoms with van der Waals surface area (Å²) in [5.41, 5.74) is 2.40. The molecule has 2 aromatic carbocycles. The third-order valence-electron chi connectivity index (χ3n) is 5.28.